The molecule has 1 N–H and O–H groups in total. The molecule has 0 bridgehead atoms. The normalized spacial score (nSPS) is 10.9. The van der Waals surface area contributed by atoms with E-state index >= 15 is 0 Å². The molecule has 0 unspecified atom stereocenters. The van der Waals surface area contributed by atoms with Gasteiger partial charge in [-0.15, -0.1) is 11.3 Å². The number of nitrogens with one attached hydrogen (secondary N) is 1. The smallest absolute Gasteiger partial charge is 0.232 e. The minimum Gasteiger partial charge on any atom is -0.304 e. The average Bonchev–Trinajstić information content (AvgIpc) is 3.21. The molecule has 0 fully saturated rings. The summed E-state index contributed by atoms with van der Waals surface area (Å²) in [6.07, 6.45) is 3.08. The average molecular weight is 352 g/mol. The van der Waals surface area contributed by atoms with Gasteiger partial charge < -0.3 is 9.72 Å². The van der Waals surface area contributed by atoms with Crippen LogP contribution in [-0.2, 0) is 11.2 Å². The number of hydrogen-bond donors (Lipinski definition) is 1. The summed E-state index contributed by atoms with van der Waals surface area (Å²) in [5.41, 5.74) is 3.00. The maximum atomic E-state index is 13.2. The highest BCUT2D eigenvalue weighted by Crippen LogP contribution is 2.24. The number of nitrogens with zero attached hydrogens (tertiary/aromatic N) is 3. The van der Waals surface area contributed by atoms with Crippen LogP contribution in [0.1, 0.15) is 5.69 Å². The van der Waals surface area contributed by atoms with E-state index in [0.29, 0.717) is 16.5 Å². The van der Waals surface area contributed by atoms with E-state index in [1.807, 2.05) is 35.7 Å². The Morgan fingerprint density at radius 1 is 1.12 bits per heavy atom. The van der Waals surface area contributed by atoms with Crippen LogP contribution < -0.4 is 5.32 Å². The zero-order valence-electron chi connectivity index (χ0n) is 13.0. The Labute approximate surface area is 146 Å². The van der Waals surface area contributed by atoms with Gasteiger partial charge in [-0.1, -0.05) is 30.3 Å². The topological polar surface area (TPSA) is 59.3 Å². The van der Waals surface area contributed by atoms with Crippen molar-refractivity contribution < 1.29 is 9.18 Å². The first-order valence-corrected chi connectivity index (χ1v) is 8.49. The van der Waals surface area contributed by atoms with Crippen molar-refractivity contribution in [3.63, 3.8) is 0 Å². The maximum Gasteiger partial charge on any atom is 0.232 e. The Morgan fingerprint density at radius 3 is 2.80 bits per heavy atom. The van der Waals surface area contributed by atoms with Crippen LogP contribution >= 0.6 is 11.3 Å². The number of amides is 1. The molecule has 4 aromatic rings. The Balaban J connectivity index is 1.46. The minimum absolute atomic E-state index is 0.101. The fourth-order valence-electron chi connectivity index (χ4n) is 2.50. The lowest BCUT2D eigenvalue weighted by molar-refractivity contribution is -0.115. The highest BCUT2D eigenvalue weighted by atomic mass is 32.1. The largest absolute Gasteiger partial charge is 0.304 e. The third-order valence-corrected chi connectivity index (χ3v) is 4.38. The number of thiazole rings is 1. The summed E-state index contributed by atoms with van der Waals surface area (Å²) in [6.45, 7) is 0. The number of pyridine rings is 1. The number of aromatic nitrogens is 3. The molecule has 0 saturated heterocycles. The third-order valence-electron chi connectivity index (χ3n) is 3.63. The predicted octanol–water partition coefficient (Wildman–Crippen LogP) is 3.78. The summed E-state index contributed by atoms with van der Waals surface area (Å²) in [5.74, 6) is -0.560. The number of imidazole rings is 1. The van der Waals surface area contributed by atoms with Crippen LogP contribution in [0, 0.1) is 5.82 Å². The first-order valence-electron chi connectivity index (χ1n) is 7.61. The van der Waals surface area contributed by atoms with Crippen LogP contribution in [0.2, 0.25) is 0 Å². The SMILES string of the molecule is O=C(Cc1cn2cc(F)ccc2n1)Nc1nc(-c2ccccc2)cs1. The van der Waals surface area contributed by atoms with Crippen LogP contribution in [0.5, 0.6) is 0 Å². The number of rotatable bonds is 4. The number of benzene rings is 1. The first-order chi connectivity index (χ1) is 12.2. The predicted molar refractivity (Wildman–Crippen MR) is 95.0 cm³/mol. The van der Waals surface area contributed by atoms with Gasteiger partial charge in [-0.2, -0.15) is 0 Å². The van der Waals surface area contributed by atoms with Crippen LogP contribution in [-0.4, -0.2) is 20.3 Å². The third kappa shape index (κ3) is 3.41. The molecule has 0 aliphatic heterocycles. The summed E-state index contributed by atoms with van der Waals surface area (Å²) in [7, 11) is 0. The minimum atomic E-state index is -0.350. The molecule has 0 spiro atoms. The second-order valence-electron chi connectivity index (χ2n) is 5.47. The number of halogens is 1. The fraction of sp³-hybridized carbons (Fsp3) is 0.0556. The zero-order chi connectivity index (χ0) is 17.2. The van der Waals surface area contributed by atoms with Gasteiger partial charge in [-0.05, 0) is 12.1 Å². The number of anilines is 1. The Kier molecular flexibility index (Phi) is 3.99. The lowest BCUT2D eigenvalue weighted by Gasteiger charge is -1.99. The van der Waals surface area contributed by atoms with Crippen LogP contribution in [0.3, 0.4) is 0 Å². The van der Waals surface area contributed by atoms with Gasteiger partial charge >= 0.3 is 0 Å². The molecule has 124 valence electrons. The van der Waals surface area contributed by atoms with E-state index in [9.17, 15) is 9.18 Å². The number of hydrogen-bond acceptors (Lipinski definition) is 4. The second kappa shape index (κ2) is 6.45. The number of carbonyl (C=O) groups excluding carboxylic acids is 1. The van der Waals surface area contributed by atoms with Gasteiger partial charge in [-0.25, -0.2) is 14.4 Å². The fourth-order valence-corrected chi connectivity index (χ4v) is 3.24. The summed E-state index contributed by atoms with van der Waals surface area (Å²) in [5, 5.41) is 5.22. The number of fused-ring (bicyclic) bond motifs is 1. The van der Waals surface area contributed by atoms with Crippen LogP contribution in [0.15, 0.2) is 60.2 Å². The van der Waals surface area contributed by atoms with Crippen molar-refractivity contribution >= 4 is 28.0 Å². The van der Waals surface area contributed by atoms with Crippen molar-refractivity contribution in [2.45, 2.75) is 6.42 Å². The van der Waals surface area contributed by atoms with E-state index in [1.165, 1.54) is 23.6 Å². The molecule has 0 aliphatic rings. The molecule has 5 nitrogen and oxygen atoms in total. The van der Waals surface area contributed by atoms with Crippen molar-refractivity contribution in [2.75, 3.05) is 5.32 Å². The van der Waals surface area contributed by atoms with Gasteiger partial charge in [0.2, 0.25) is 5.91 Å². The molecule has 7 heteroatoms. The summed E-state index contributed by atoms with van der Waals surface area (Å²) >= 11 is 1.37. The molecule has 1 amide bonds. The van der Waals surface area contributed by atoms with Gasteiger partial charge in [0.05, 0.1) is 17.8 Å². The van der Waals surface area contributed by atoms with Crippen LogP contribution in [0.4, 0.5) is 9.52 Å². The Hall–Kier alpha value is -3.06. The Morgan fingerprint density at radius 2 is 1.96 bits per heavy atom. The van der Waals surface area contributed by atoms with E-state index < -0.39 is 0 Å². The van der Waals surface area contributed by atoms with Crippen molar-refractivity contribution in [3.8, 4) is 11.3 Å². The lowest BCUT2D eigenvalue weighted by atomic mass is 10.2. The van der Waals surface area contributed by atoms with Crippen molar-refractivity contribution in [3.05, 3.63) is 71.7 Å². The van der Waals surface area contributed by atoms with Crippen molar-refractivity contribution in [2.24, 2.45) is 0 Å². The zero-order valence-corrected chi connectivity index (χ0v) is 13.8. The van der Waals surface area contributed by atoms with E-state index in [1.54, 1.807) is 16.7 Å². The van der Waals surface area contributed by atoms with Gasteiger partial charge in [-0.3, -0.25) is 4.79 Å². The molecule has 1 aromatic carbocycles. The van der Waals surface area contributed by atoms with E-state index in [4.69, 9.17) is 0 Å². The molecule has 4 rings (SSSR count). The molecular formula is C18H13FN4OS. The molecule has 25 heavy (non-hydrogen) atoms. The molecule has 0 aliphatic carbocycles. The van der Waals surface area contributed by atoms with Gasteiger partial charge in [0.25, 0.3) is 0 Å². The quantitative estimate of drug-likeness (QED) is 0.608. The van der Waals surface area contributed by atoms with E-state index in [-0.39, 0.29) is 18.1 Å². The first kappa shape index (κ1) is 15.5. The van der Waals surface area contributed by atoms with E-state index in [2.05, 4.69) is 15.3 Å². The highest BCUT2D eigenvalue weighted by molar-refractivity contribution is 7.14. The van der Waals surface area contributed by atoms with Crippen molar-refractivity contribution in [1.29, 1.82) is 0 Å². The van der Waals surface area contributed by atoms with Gasteiger partial charge in [0, 0.05) is 23.3 Å². The summed E-state index contributed by atoms with van der Waals surface area (Å²) in [6, 6.07) is 12.7. The van der Waals surface area contributed by atoms with Gasteiger partial charge in [0.1, 0.15) is 11.5 Å². The number of carbonyl (C=O) groups is 1. The molecule has 3 aromatic heterocycles. The standard InChI is InChI=1S/C18H13FN4OS/c19-13-6-7-16-20-14(10-23(16)9-13)8-17(24)22-18-21-15(11-25-18)12-4-2-1-3-5-12/h1-7,9-11H,8H2,(H,21,22,24). The van der Waals surface area contributed by atoms with Crippen LogP contribution in [0.25, 0.3) is 16.9 Å². The molecule has 0 saturated carbocycles. The molecular weight excluding hydrogens is 339 g/mol. The highest BCUT2D eigenvalue weighted by Gasteiger charge is 2.11. The summed E-state index contributed by atoms with van der Waals surface area (Å²) in [4.78, 5) is 20.9. The molecule has 0 radical (unpaired) electrons. The molecule has 0 atom stereocenters. The maximum absolute atomic E-state index is 13.2. The summed E-state index contributed by atoms with van der Waals surface area (Å²) < 4.78 is 14.8. The van der Waals surface area contributed by atoms with Gasteiger partial charge in [0.15, 0.2) is 5.13 Å². The van der Waals surface area contributed by atoms with E-state index in [0.717, 1.165) is 11.3 Å². The lowest BCUT2D eigenvalue weighted by Crippen LogP contribution is -2.14. The molecule has 3 heterocycles. The Bertz CT molecular complexity index is 1040. The monoisotopic (exact) mass is 352 g/mol. The second-order valence-corrected chi connectivity index (χ2v) is 6.33. The van der Waals surface area contributed by atoms with Crippen molar-refractivity contribution in [1.82, 2.24) is 14.4 Å².